The van der Waals surface area contributed by atoms with Crippen LogP contribution >= 0.6 is 11.6 Å². The van der Waals surface area contributed by atoms with Gasteiger partial charge in [-0.3, -0.25) is 9.58 Å². The molecular formula is C12H22ClN3O. The van der Waals surface area contributed by atoms with Crippen LogP contribution < -0.4 is 0 Å². The van der Waals surface area contributed by atoms with E-state index in [-0.39, 0.29) is 12.1 Å². The number of hydrogen-bond acceptors (Lipinski definition) is 3. The van der Waals surface area contributed by atoms with Crippen molar-refractivity contribution in [2.24, 2.45) is 7.05 Å². The van der Waals surface area contributed by atoms with E-state index < -0.39 is 0 Å². The molecule has 0 bridgehead atoms. The van der Waals surface area contributed by atoms with Crippen molar-refractivity contribution in [1.82, 2.24) is 14.7 Å². The van der Waals surface area contributed by atoms with Crippen molar-refractivity contribution in [2.45, 2.75) is 39.3 Å². The molecule has 4 nitrogen and oxygen atoms in total. The molecule has 1 N–H and O–H groups in total. The Morgan fingerprint density at radius 3 is 2.47 bits per heavy atom. The molecule has 1 aromatic rings. The van der Waals surface area contributed by atoms with Crippen molar-refractivity contribution in [2.75, 3.05) is 13.7 Å². The molecule has 0 atom stereocenters. The first kappa shape index (κ1) is 14.5. The van der Waals surface area contributed by atoms with Gasteiger partial charge in [-0.25, -0.2) is 0 Å². The van der Waals surface area contributed by atoms with E-state index in [9.17, 15) is 5.11 Å². The number of nitrogens with zero attached hydrogens (tertiary/aromatic N) is 3. The van der Waals surface area contributed by atoms with Crippen LogP contribution in [0, 0.1) is 0 Å². The van der Waals surface area contributed by atoms with Crippen LogP contribution in [0.1, 0.15) is 32.2 Å². The Balaban J connectivity index is 2.92. The summed E-state index contributed by atoms with van der Waals surface area (Å²) in [6.07, 6.45) is 0.833. The lowest BCUT2D eigenvalue weighted by atomic mass is 10.1. The van der Waals surface area contributed by atoms with E-state index in [1.165, 1.54) is 0 Å². The highest BCUT2D eigenvalue weighted by molar-refractivity contribution is 6.31. The number of likely N-dealkylation sites (N-methyl/N-ethyl adjacent to an activating group) is 1. The molecule has 0 aromatic carbocycles. The molecule has 1 rings (SSSR count). The summed E-state index contributed by atoms with van der Waals surface area (Å²) in [7, 11) is 3.88. The highest BCUT2D eigenvalue weighted by atomic mass is 35.5. The van der Waals surface area contributed by atoms with Crippen LogP contribution in [0.25, 0.3) is 0 Å². The standard InChI is InChI=1S/C12H22ClN3O/c1-6-9-11(13)10(16(5)14-9)7-15(4)12(2,3)8-17/h17H,6-8H2,1-5H3. The zero-order valence-corrected chi connectivity index (χ0v) is 12.0. The van der Waals surface area contributed by atoms with Gasteiger partial charge in [-0.2, -0.15) is 5.10 Å². The summed E-state index contributed by atoms with van der Waals surface area (Å²) in [5, 5.41) is 14.5. The van der Waals surface area contributed by atoms with Crippen LogP contribution in [0.4, 0.5) is 0 Å². The fourth-order valence-electron chi connectivity index (χ4n) is 1.55. The first-order chi connectivity index (χ1) is 7.83. The summed E-state index contributed by atoms with van der Waals surface area (Å²) in [6.45, 7) is 6.82. The summed E-state index contributed by atoms with van der Waals surface area (Å²) in [6, 6.07) is 0. The third-order valence-corrected chi connectivity index (χ3v) is 3.75. The molecule has 5 heteroatoms. The van der Waals surface area contributed by atoms with Crippen molar-refractivity contribution < 1.29 is 5.11 Å². The maximum absolute atomic E-state index is 9.34. The maximum atomic E-state index is 9.34. The molecule has 0 amide bonds. The molecule has 1 heterocycles. The lowest BCUT2D eigenvalue weighted by Crippen LogP contribution is -2.44. The van der Waals surface area contributed by atoms with Crippen LogP contribution in [0.2, 0.25) is 5.02 Å². The third kappa shape index (κ3) is 3.00. The summed E-state index contributed by atoms with van der Waals surface area (Å²) in [4.78, 5) is 2.08. The van der Waals surface area contributed by atoms with Gasteiger partial charge < -0.3 is 5.11 Å². The number of aromatic nitrogens is 2. The van der Waals surface area contributed by atoms with Gasteiger partial charge in [0, 0.05) is 19.1 Å². The molecule has 17 heavy (non-hydrogen) atoms. The molecule has 0 aliphatic carbocycles. The SMILES string of the molecule is CCc1nn(C)c(CN(C)C(C)(C)CO)c1Cl. The monoisotopic (exact) mass is 259 g/mol. The fourth-order valence-corrected chi connectivity index (χ4v) is 1.90. The Labute approximate surface area is 108 Å². The predicted molar refractivity (Wildman–Crippen MR) is 70.2 cm³/mol. The average molecular weight is 260 g/mol. The molecular weight excluding hydrogens is 238 g/mol. The van der Waals surface area contributed by atoms with Gasteiger partial charge in [-0.05, 0) is 27.3 Å². The normalized spacial score (nSPS) is 12.5. The van der Waals surface area contributed by atoms with E-state index in [0.29, 0.717) is 6.54 Å². The number of aliphatic hydroxyl groups is 1. The summed E-state index contributed by atoms with van der Waals surface area (Å²) in [5.74, 6) is 0. The second kappa shape index (κ2) is 5.38. The smallest absolute Gasteiger partial charge is 0.0863 e. The fraction of sp³-hybridized carbons (Fsp3) is 0.750. The van der Waals surface area contributed by atoms with Gasteiger partial charge >= 0.3 is 0 Å². The van der Waals surface area contributed by atoms with E-state index in [1.54, 1.807) is 0 Å². The predicted octanol–water partition coefficient (Wildman–Crippen LogP) is 1.84. The largest absolute Gasteiger partial charge is 0.394 e. The Morgan fingerprint density at radius 2 is 2.06 bits per heavy atom. The molecule has 0 saturated heterocycles. The Hall–Kier alpha value is -0.580. The molecule has 0 radical (unpaired) electrons. The molecule has 0 aliphatic rings. The minimum absolute atomic E-state index is 0.111. The molecule has 1 aromatic heterocycles. The zero-order valence-electron chi connectivity index (χ0n) is 11.3. The van der Waals surface area contributed by atoms with Crippen molar-refractivity contribution in [3.63, 3.8) is 0 Å². The first-order valence-electron chi connectivity index (χ1n) is 5.85. The van der Waals surface area contributed by atoms with Crippen LogP contribution in [0.15, 0.2) is 0 Å². The third-order valence-electron chi connectivity index (χ3n) is 3.31. The van der Waals surface area contributed by atoms with E-state index in [1.807, 2.05) is 39.5 Å². The number of aryl methyl sites for hydroxylation is 2. The van der Waals surface area contributed by atoms with Crippen molar-refractivity contribution in [1.29, 1.82) is 0 Å². The van der Waals surface area contributed by atoms with Gasteiger partial charge in [-0.1, -0.05) is 18.5 Å². The lowest BCUT2D eigenvalue weighted by Gasteiger charge is -2.33. The number of aliphatic hydroxyl groups excluding tert-OH is 1. The Bertz CT molecular complexity index is 387. The molecule has 0 aliphatic heterocycles. The quantitative estimate of drug-likeness (QED) is 0.877. The number of halogens is 1. The van der Waals surface area contributed by atoms with E-state index in [0.717, 1.165) is 22.8 Å². The zero-order chi connectivity index (χ0) is 13.2. The van der Waals surface area contributed by atoms with Crippen molar-refractivity contribution in [3.8, 4) is 0 Å². The van der Waals surface area contributed by atoms with Crippen molar-refractivity contribution >= 4 is 11.6 Å². The Morgan fingerprint density at radius 1 is 1.47 bits per heavy atom. The number of rotatable bonds is 5. The van der Waals surface area contributed by atoms with Gasteiger partial charge in [0.1, 0.15) is 0 Å². The summed E-state index contributed by atoms with van der Waals surface area (Å²) < 4.78 is 1.82. The molecule has 0 fully saturated rings. The maximum Gasteiger partial charge on any atom is 0.0863 e. The van der Waals surface area contributed by atoms with Crippen LogP contribution in [-0.2, 0) is 20.0 Å². The summed E-state index contributed by atoms with van der Waals surface area (Å²) in [5.41, 5.74) is 1.66. The second-order valence-electron chi connectivity index (χ2n) is 5.01. The lowest BCUT2D eigenvalue weighted by molar-refractivity contribution is 0.0716. The average Bonchev–Trinajstić information content (AvgIpc) is 2.56. The first-order valence-corrected chi connectivity index (χ1v) is 6.23. The van der Waals surface area contributed by atoms with Crippen LogP contribution in [0.5, 0.6) is 0 Å². The second-order valence-corrected chi connectivity index (χ2v) is 5.39. The topological polar surface area (TPSA) is 41.3 Å². The van der Waals surface area contributed by atoms with Gasteiger partial charge in [0.05, 0.1) is 23.0 Å². The highest BCUT2D eigenvalue weighted by Gasteiger charge is 2.25. The highest BCUT2D eigenvalue weighted by Crippen LogP contribution is 2.24. The molecule has 98 valence electrons. The van der Waals surface area contributed by atoms with E-state index >= 15 is 0 Å². The van der Waals surface area contributed by atoms with Crippen LogP contribution in [0.3, 0.4) is 0 Å². The molecule has 0 spiro atoms. The summed E-state index contributed by atoms with van der Waals surface area (Å²) >= 11 is 6.29. The van der Waals surface area contributed by atoms with Gasteiger partial charge in [-0.15, -0.1) is 0 Å². The van der Waals surface area contributed by atoms with Gasteiger partial charge in [0.25, 0.3) is 0 Å². The molecule has 0 unspecified atom stereocenters. The minimum atomic E-state index is -0.264. The van der Waals surface area contributed by atoms with E-state index in [2.05, 4.69) is 10.00 Å². The van der Waals surface area contributed by atoms with Crippen LogP contribution in [-0.4, -0.2) is 39.0 Å². The van der Waals surface area contributed by atoms with Gasteiger partial charge in [0.15, 0.2) is 0 Å². The van der Waals surface area contributed by atoms with Gasteiger partial charge in [0.2, 0.25) is 0 Å². The number of hydrogen-bond donors (Lipinski definition) is 1. The minimum Gasteiger partial charge on any atom is -0.394 e. The van der Waals surface area contributed by atoms with E-state index in [4.69, 9.17) is 11.6 Å². The molecule has 0 saturated carbocycles. The Kier molecular flexibility index (Phi) is 4.58. The van der Waals surface area contributed by atoms with Crippen molar-refractivity contribution in [3.05, 3.63) is 16.4 Å².